The van der Waals surface area contributed by atoms with Crippen molar-refractivity contribution in [2.75, 3.05) is 26.2 Å². The van der Waals surface area contributed by atoms with Gasteiger partial charge in [-0.25, -0.2) is 14.4 Å². The van der Waals surface area contributed by atoms with Gasteiger partial charge in [-0.3, -0.25) is 4.48 Å². The van der Waals surface area contributed by atoms with Gasteiger partial charge in [0.05, 0.1) is 6.54 Å². The summed E-state index contributed by atoms with van der Waals surface area (Å²) < 4.78 is -0.483. The Morgan fingerprint density at radius 2 is 0.967 bits per heavy atom. The zero-order valence-electron chi connectivity index (χ0n) is 18.7. The second-order valence-electron chi connectivity index (χ2n) is 8.31. The standard InChI is InChI=1S/C23H41NO6/c1-2-3-4-5-6-7-8-9-10-11-12-13-14-15-16-17-24(18-21(25)26,19-22(27)28)20-23(29)30/h14-15H,2-13,16-20H2,1H3,(H2-,25,26,27,28,29,30)/p+1/b15-14+. The van der Waals surface area contributed by atoms with E-state index in [1.165, 1.54) is 64.2 Å². The van der Waals surface area contributed by atoms with Gasteiger partial charge in [0.1, 0.15) is 0 Å². The molecule has 0 fully saturated rings. The largest absolute Gasteiger partial charge is 0.477 e. The van der Waals surface area contributed by atoms with Gasteiger partial charge in [-0.1, -0.05) is 83.3 Å². The van der Waals surface area contributed by atoms with Crippen molar-refractivity contribution in [3.8, 4) is 0 Å². The average molecular weight is 429 g/mol. The van der Waals surface area contributed by atoms with E-state index in [9.17, 15) is 14.4 Å². The SMILES string of the molecule is CCCCCCCCCCCCC/C=C/CC[N+](CC(=O)O)(CC(=O)O)CC(=O)O. The number of unbranched alkanes of at least 4 members (excludes halogenated alkanes) is 11. The molecular weight excluding hydrogens is 386 g/mol. The number of carboxylic acids is 3. The average Bonchev–Trinajstić information content (AvgIpc) is 2.63. The lowest BCUT2D eigenvalue weighted by Gasteiger charge is -2.33. The van der Waals surface area contributed by atoms with E-state index in [-0.39, 0.29) is 6.54 Å². The van der Waals surface area contributed by atoms with E-state index in [4.69, 9.17) is 15.3 Å². The zero-order chi connectivity index (χ0) is 22.7. The van der Waals surface area contributed by atoms with Crippen LogP contribution in [0.4, 0.5) is 0 Å². The van der Waals surface area contributed by atoms with Crippen LogP contribution >= 0.6 is 0 Å². The molecule has 0 unspecified atom stereocenters. The summed E-state index contributed by atoms with van der Waals surface area (Å²) in [5.74, 6) is -3.58. The highest BCUT2D eigenvalue weighted by Gasteiger charge is 2.35. The lowest BCUT2D eigenvalue weighted by Crippen LogP contribution is -2.57. The number of aliphatic carboxylic acids is 3. The maximum Gasteiger partial charge on any atom is 0.359 e. The summed E-state index contributed by atoms with van der Waals surface area (Å²) in [6.07, 6.45) is 19.6. The Bertz CT molecular complexity index is 477. The van der Waals surface area contributed by atoms with Crippen molar-refractivity contribution in [1.82, 2.24) is 0 Å². The van der Waals surface area contributed by atoms with Crippen LogP contribution in [0.25, 0.3) is 0 Å². The topological polar surface area (TPSA) is 112 Å². The van der Waals surface area contributed by atoms with Crippen molar-refractivity contribution < 1.29 is 34.2 Å². The first-order valence-electron chi connectivity index (χ1n) is 11.5. The summed E-state index contributed by atoms with van der Waals surface area (Å²) in [5.41, 5.74) is 0. The Labute approximate surface area is 181 Å². The summed E-state index contributed by atoms with van der Waals surface area (Å²) in [6.45, 7) is 0.890. The molecule has 0 aromatic heterocycles. The zero-order valence-corrected chi connectivity index (χ0v) is 18.7. The summed E-state index contributed by atoms with van der Waals surface area (Å²) in [6, 6.07) is 0. The highest BCUT2D eigenvalue weighted by molar-refractivity contribution is 5.73. The van der Waals surface area contributed by atoms with Crippen molar-refractivity contribution in [2.24, 2.45) is 0 Å². The lowest BCUT2D eigenvalue weighted by molar-refractivity contribution is -0.907. The van der Waals surface area contributed by atoms with Gasteiger partial charge in [0.15, 0.2) is 19.6 Å². The van der Waals surface area contributed by atoms with Crippen LogP contribution < -0.4 is 0 Å². The molecule has 0 bridgehead atoms. The molecule has 0 heterocycles. The summed E-state index contributed by atoms with van der Waals surface area (Å²) >= 11 is 0. The number of quaternary nitrogens is 1. The molecule has 30 heavy (non-hydrogen) atoms. The first-order valence-corrected chi connectivity index (χ1v) is 11.5. The highest BCUT2D eigenvalue weighted by Crippen LogP contribution is 2.13. The van der Waals surface area contributed by atoms with Crippen molar-refractivity contribution in [3.05, 3.63) is 12.2 Å². The van der Waals surface area contributed by atoms with Gasteiger partial charge in [-0.15, -0.1) is 0 Å². The van der Waals surface area contributed by atoms with Crippen LogP contribution in [0, 0.1) is 0 Å². The van der Waals surface area contributed by atoms with E-state index in [0.717, 1.165) is 12.8 Å². The minimum Gasteiger partial charge on any atom is -0.477 e. The fraction of sp³-hybridized carbons (Fsp3) is 0.783. The first kappa shape index (κ1) is 28.1. The first-order chi connectivity index (χ1) is 14.3. The van der Waals surface area contributed by atoms with E-state index in [1.54, 1.807) is 0 Å². The second kappa shape index (κ2) is 17.9. The van der Waals surface area contributed by atoms with Crippen molar-refractivity contribution >= 4 is 17.9 Å². The van der Waals surface area contributed by atoms with Gasteiger partial charge in [-0.05, 0) is 12.8 Å². The molecule has 3 N–H and O–H groups in total. The van der Waals surface area contributed by atoms with Crippen LogP contribution in [0.15, 0.2) is 12.2 Å². The van der Waals surface area contributed by atoms with Gasteiger partial charge in [0.2, 0.25) is 0 Å². The maximum absolute atomic E-state index is 11.1. The maximum atomic E-state index is 11.1. The number of carbonyl (C=O) groups is 3. The number of hydrogen-bond donors (Lipinski definition) is 3. The predicted octanol–water partition coefficient (Wildman–Crippen LogP) is 4.70. The van der Waals surface area contributed by atoms with Crippen LogP contribution in [0.5, 0.6) is 0 Å². The normalized spacial score (nSPS) is 11.8. The third kappa shape index (κ3) is 17.0. The Kier molecular flexibility index (Phi) is 16.8. The number of nitrogens with zero attached hydrogens (tertiary/aromatic N) is 1. The summed E-state index contributed by atoms with van der Waals surface area (Å²) in [5, 5.41) is 27.2. The van der Waals surface area contributed by atoms with Crippen molar-refractivity contribution in [2.45, 2.75) is 90.4 Å². The van der Waals surface area contributed by atoms with E-state index < -0.39 is 42.0 Å². The molecule has 0 aliphatic carbocycles. The van der Waals surface area contributed by atoms with Gasteiger partial charge in [0, 0.05) is 6.42 Å². The van der Waals surface area contributed by atoms with Crippen LogP contribution in [0.2, 0.25) is 0 Å². The van der Waals surface area contributed by atoms with Crippen LogP contribution in [0.1, 0.15) is 90.4 Å². The molecule has 0 aliphatic rings. The Balaban J connectivity index is 4.01. The molecule has 0 spiro atoms. The van der Waals surface area contributed by atoms with Gasteiger partial charge in [-0.2, -0.15) is 0 Å². The molecular formula is C23H42NO6+. The number of hydrogen-bond acceptors (Lipinski definition) is 3. The third-order valence-corrected chi connectivity index (χ3v) is 5.32. The fourth-order valence-electron chi connectivity index (χ4n) is 3.78. The Morgan fingerprint density at radius 3 is 1.37 bits per heavy atom. The third-order valence-electron chi connectivity index (χ3n) is 5.32. The molecule has 0 amide bonds. The monoisotopic (exact) mass is 428 g/mol. The second-order valence-corrected chi connectivity index (χ2v) is 8.31. The molecule has 0 atom stereocenters. The quantitative estimate of drug-likeness (QED) is 0.139. The van der Waals surface area contributed by atoms with E-state index in [0.29, 0.717) is 6.42 Å². The van der Waals surface area contributed by atoms with Crippen LogP contribution in [-0.4, -0.2) is 63.9 Å². The molecule has 0 rings (SSSR count). The van der Waals surface area contributed by atoms with Crippen LogP contribution in [0.3, 0.4) is 0 Å². The van der Waals surface area contributed by atoms with Gasteiger partial charge in [0.25, 0.3) is 0 Å². The molecule has 174 valence electrons. The summed E-state index contributed by atoms with van der Waals surface area (Å²) in [4.78, 5) is 33.4. The smallest absolute Gasteiger partial charge is 0.359 e. The van der Waals surface area contributed by atoms with Crippen molar-refractivity contribution in [1.29, 1.82) is 0 Å². The molecule has 7 nitrogen and oxygen atoms in total. The molecule has 0 radical (unpaired) electrons. The Morgan fingerprint density at radius 1 is 0.600 bits per heavy atom. The highest BCUT2D eigenvalue weighted by atomic mass is 16.4. The summed E-state index contributed by atoms with van der Waals surface area (Å²) in [7, 11) is 0. The Hall–Kier alpha value is -1.89. The minimum absolute atomic E-state index is 0.180. The van der Waals surface area contributed by atoms with Gasteiger partial charge >= 0.3 is 17.9 Å². The minimum atomic E-state index is -1.19. The molecule has 7 heteroatoms. The molecule has 0 saturated heterocycles. The van der Waals surface area contributed by atoms with E-state index in [1.807, 2.05) is 12.2 Å². The van der Waals surface area contributed by atoms with E-state index >= 15 is 0 Å². The van der Waals surface area contributed by atoms with Crippen molar-refractivity contribution in [3.63, 3.8) is 0 Å². The van der Waals surface area contributed by atoms with Crippen LogP contribution in [-0.2, 0) is 14.4 Å². The molecule has 0 aliphatic heterocycles. The fourth-order valence-corrected chi connectivity index (χ4v) is 3.78. The lowest BCUT2D eigenvalue weighted by atomic mass is 10.1. The molecule has 0 aromatic carbocycles. The molecule has 0 saturated carbocycles. The number of rotatable bonds is 21. The van der Waals surface area contributed by atoms with Gasteiger partial charge < -0.3 is 15.3 Å². The number of carboxylic acid groups (broad SMARTS) is 3. The molecule has 0 aromatic rings. The predicted molar refractivity (Wildman–Crippen MR) is 117 cm³/mol. The van der Waals surface area contributed by atoms with E-state index in [2.05, 4.69) is 6.92 Å². The number of allylic oxidation sites excluding steroid dienone is 1.